The van der Waals surface area contributed by atoms with E-state index in [-0.39, 0.29) is 12.3 Å². The van der Waals surface area contributed by atoms with Crippen molar-refractivity contribution in [2.75, 3.05) is 6.54 Å². The minimum absolute atomic E-state index is 0.191. The van der Waals surface area contributed by atoms with Crippen LogP contribution in [-0.2, 0) is 4.79 Å². The van der Waals surface area contributed by atoms with Crippen molar-refractivity contribution >= 4 is 5.78 Å². The minimum Gasteiger partial charge on any atom is -0.324 e. The van der Waals surface area contributed by atoms with Gasteiger partial charge in [0.25, 0.3) is 0 Å². The van der Waals surface area contributed by atoms with Gasteiger partial charge in [0.1, 0.15) is 5.78 Å². The number of nitrogens with two attached hydrogens (primary N) is 1. The summed E-state index contributed by atoms with van der Waals surface area (Å²) >= 11 is 0. The average Bonchev–Trinajstić information content (AvgIpc) is 2.50. The summed E-state index contributed by atoms with van der Waals surface area (Å²) in [6, 6.07) is 0. The van der Waals surface area contributed by atoms with E-state index in [9.17, 15) is 4.79 Å². The van der Waals surface area contributed by atoms with Gasteiger partial charge in [0.05, 0.1) is 6.54 Å². The first-order chi connectivity index (χ1) is 10.3. The van der Waals surface area contributed by atoms with Crippen LogP contribution in [0.3, 0.4) is 0 Å². The molecule has 2 N–H and O–H groups in total. The molecule has 0 bridgehead atoms. The van der Waals surface area contributed by atoms with Crippen LogP contribution in [0.2, 0.25) is 0 Å². The van der Waals surface area contributed by atoms with Crippen molar-refractivity contribution in [3.8, 4) is 0 Å². The first-order valence-electron chi connectivity index (χ1n) is 8.48. The van der Waals surface area contributed by atoms with Gasteiger partial charge in [-0.25, -0.2) is 0 Å². The fraction of sp³-hybridized carbons (Fsp3) is 0.632. The van der Waals surface area contributed by atoms with Crippen LogP contribution in [0.5, 0.6) is 0 Å². The molecule has 0 aromatic carbocycles. The van der Waals surface area contributed by atoms with E-state index in [4.69, 9.17) is 5.73 Å². The molecule has 0 unspecified atom stereocenters. The number of carbonyl (C=O) groups excluding carboxylic acids is 1. The molecule has 120 valence electrons. The molecule has 0 aromatic rings. The van der Waals surface area contributed by atoms with E-state index < -0.39 is 0 Å². The molecule has 0 radical (unpaired) electrons. The summed E-state index contributed by atoms with van der Waals surface area (Å²) in [6.07, 6.45) is 24.3. The summed E-state index contributed by atoms with van der Waals surface area (Å²) in [5, 5.41) is 0. The van der Waals surface area contributed by atoms with Crippen LogP contribution in [0.25, 0.3) is 0 Å². The maximum Gasteiger partial charge on any atom is 0.146 e. The number of hydrogen-bond acceptors (Lipinski definition) is 2. The number of carbonyl (C=O) groups is 1. The quantitative estimate of drug-likeness (QED) is 0.357. The molecule has 0 heterocycles. The Balaban J connectivity index is 3.25. The van der Waals surface area contributed by atoms with Gasteiger partial charge in [-0.15, -0.1) is 0 Å². The highest BCUT2D eigenvalue weighted by atomic mass is 16.1. The summed E-state index contributed by atoms with van der Waals surface area (Å²) in [5.74, 6) is 0.191. The molecule has 0 aliphatic carbocycles. The SMILES string of the molecule is CC/C=C\C/C=C\C/C=C\CCCCCCCC(=O)CN. The molecule has 2 heteroatoms. The normalized spacial score (nSPS) is 12.1. The smallest absolute Gasteiger partial charge is 0.146 e. The Morgan fingerprint density at radius 2 is 1.38 bits per heavy atom. The zero-order valence-corrected chi connectivity index (χ0v) is 13.7. The van der Waals surface area contributed by atoms with Gasteiger partial charge in [0.2, 0.25) is 0 Å². The van der Waals surface area contributed by atoms with Gasteiger partial charge < -0.3 is 5.73 Å². The highest BCUT2D eigenvalue weighted by Gasteiger charge is 1.97. The fourth-order valence-corrected chi connectivity index (χ4v) is 2.04. The Morgan fingerprint density at radius 1 is 0.810 bits per heavy atom. The molecule has 0 fully saturated rings. The van der Waals surface area contributed by atoms with E-state index >= 15 is 0 Å². The summed E-state index contributed by atoms with van der Waals surface area (Å²) in [5.41, 5.74) is 5.27. The highest BCUT2D eigenvalue weighted by Crippen LogP contribution is 2.08. The standard InChI is InChI=1S/C19H33NO/c1-2-3-4-5-6-7-8-9-10-11-12-13-14-15-16-17-19(21)18-20/h3-4,6-7,9-10H,2,5,8,11-18,20H2,1H3/b4-3-,7-6-,10-9-. The van der Waals surface area contributed by atoms with Crippen LogP contribution in [-0.4, -0.2) is 12.3 Å². The van der Waals surface area contributed by atoms with Crippen LogP contribution < -0.4 is 5.73 Å². The molecule has 0 aliphatic rings. The molecular weight excluding hydrogens is 258 g/mol. The lowest BCUT2D eigenvalue weighted by atomic mass is 10.1. The number of ketones is 1. The molecule has 0 saturated heterocycles. The summed E-state index contributed by atoms with van der Waals surface area (Å²) in [4.78, 5) is 11.0. The molecule has 2 nitrogen and oxygen atoms in total. The molecule has 0 saturated carbocycles. The van der Waals surface area contributed by atoms with E-state index in [0.717, 1.165) is 32.1 Å². The lowest BCUT2D eigenvalue weighted by molar-refractivity contribution is -0.117. The molecular formula is C19H33NO. The van der Waals surface area contributed by atoms with Crippen molar-refractivity contribution < 1.29 is 4.79 Å². The second-order valence-electron chi connectivity index (χ2n) is 5.34. The van der Waals surface area contributed by atoms with Gasteiger partial charge in [-0.3, -0.25) is 4.79 Å². The lowest BCUT2D eigenvalue weighted by Gasteiger charge is -1.99. The van der Waals surface area contributed by atoms with E-state index in [1.165, 1.54) is 25.7 Å². The summed E-state index contributed by atoms with van der Waals surface area (Å²) in [6.45, 7) is 2.36. The fourth-order valence-electron chi connectivity index (χ4n) is 2.04. The first kappa shape index (κ1) is 19.9. The van der Waals surface area contributed by atoms with Crippen LogP contribution in [0, 0.1) is 0 Å². The average molecular weight is 291 g/mol. The zero-order chi connectivity index (χ0) is 15.6. The highest BCUT2D eigenvalue weighted by molar-refractivity contribution is 5.80. The number of Topliss-reactive ketones (excluding diaryl/α,β-unsaturated/α-hetero) is 1. The van der Waals surface area contributed by atoms with Gasteiger partial charge in [-0.05, 0) is 38.5 Å². The van der Waals surface area contributed by atoms with Crippen LogP contribution >= 0.6 is 0 Å². The number of unbranched alkanes of at least 4 members (excludes halogenated alkanes) is 5. The van der Waals surface area contributed by atoms with E-state index in [1.54, 1.807) is 0 Å². The second-order valence-corrected chi connectivity index (χ2v) is 5.34. The van der Waals surface area contributed by atoms with Crippen molar-refractivity contribution in [1.82, 2.24) is 0 Å². The summed E-state index contributed by atoms with van der Waals surface area (Å²) in [7, 11) is 0. The third kappa shape index (κ3) is 16.8. The zero-order valence-electron chi connectivity index (χ0n) is 13.7. The molecule has 0 aromatic heterocycles. The van der Waals surface area contributed by atoms with Gasteiger partial charge >= 0.3 is 0 Å². The molecule has 0 spiro atoms. The first-order valence-corrected chi connectivity index (χ1v) is 8.48. The molecule has 0 amide bonds. The Bertz CT molecular complexity index is 316. The van der Waals surface area contributed by atoms with Crippen molar-refractivity contribution in [2.24, 2.45) is 5.73 Å². The van der Waals surface area contributed by atoms with E-state index in [1.807, 2.05) is 0 Å². The number of hydrogen-bond donors (Lipinski definition) is 1. The topological polar surface area (TPSA) is 43.1 Å². The predicted molar refractivity (Wildman–Crippen MR) is 93.3 cm³/mol. The maximum atomic E-state index is 11.0. The number of rotatable bonds is 14. The van der Waals surface area contributed by atoms with Crippen LogP contribution in [0.1, 0.15) is 71.1 Å². The van der Waals surface area contributed by atoms with Gasteiger partial charge in [0.15, 0.2) is 0 Å². The summed E-state index contributed by atoms with van der Waals surface area (Å²) < 4.78 is 0. The Morgan fingerprint density at radius 3 is 2.05 bits per heavy atom. The Hall–Kier alpha value is -1.15. The lowest BCUT2D eigenvalue weighted by Crippen LogP contribution is -2.12. The molecule has 21 heavy (non-hydrogen) atoms. The van der Waals surface area contributed by atoms with Crippen molar-refractivity contribution in [2.45, 2.75) is 71.1 Å². The largest absolute Gasteiger partial charge is 0.324 e. The second kappa shape index (κ2) is 16.9. The van der Waals surface area contributed by atoms with E-state index in [0.29, 0.717) is 6.42 Å². The van der Waals surface area contributed by atoms with Gasteiger partial charge in [-0.1, -0.05) is 62.6 Å². The molecule has 0 atom stereocenters. The minimum atomic E-state index is 0.191. The van der Waals surface area contributed by atoms with Crippen molar-refractivity contribution in [3.63, 3.8) is 0 Å². The van der Waals surface area contributed by atoms with Crippen LogP contribution in [0.15, 0.2) is 36.5 Å². The van der Waals surface area contributed by atoms with Crippen LogP contribution in [0.4, 0.5) is 0 Å². The number of allylic oxidation sites excluding steroid dienone is 6. The monoisotopic (exact) mass is 291 g/mol. The third-order valence-electron chi connectivity index (χ3n) is 3.33. The van der Waals surface area contributed by atoms with E-state index in [2.05, 4.69) is 43.4 Å². The van der Waals surface area contributed by atoms with Crippen molar-refractivity contribution in [3.05, 3.63) is 36.5 Å². The maximum absolute atomic E-state index is 11.0. The predicted octanol–water partition coefficient (Wildman–Crippen LogP) is 5.10. The van der Waals surface area contributed by atoms with Gasteiger partial charge in [-0.2, -0.15) is 0 Å². The van der Waals surface area contributed by atoms with Crippen molar-refractivity contribution in [1.29, 1.82) is 0 Å². The van der Waals surface area contributed by atoms with Gasteiger partial charge in [0, 0.05) is 6.42 Å². The Labute approximate surface area is 131 Å². The molecule has 0 rings (SSSR count). The molecule has 0 aliphatic heterocycles. The third-order valence-corrected chi connectivity index (χ3v) is 3.33. The Kier molecular flexibility index (Phi) is 16.0.